The van der Waals surface area contributed by atoms with Crippen LogP contribution in [0.25, 0.3) is 16.6 Å². The number of alkyl halides is 3. The van der Waals surface area contributed by atoms with E-state index < -0.39 is 42.4 Å². The normalized spacial score (nSPS) is 22.3. The van der Waals surface area contributed by atoms with Crippen LogP contribution < -0.4 is 20.3 Å². The van der Waals surface area contributed by atoms with Gasteiger partial charge in [0.05, 0.1) is 47.7 Å². The predicted molar refractivity (Wildman–Crippen MR) is 212 cm³/mol. The van der Waals surface area contributed by atoms with Crippen molar-refractivity contribution in [3.05, 3.63) is 77.9 Å². The zero-order valence-electron chi connectivity index (χ0n) is 32.8. The molecule has 3 aromatic heterocycles. The molecule has 2 aromatic carbocycles. The van der Waals surface area contributed by atoms with Crippen molar-refractivity contribution in [3.8, 4) is 5.75 Å². The molecule has 5 aromatic rings. The lowest BCUT2D eigenvalue weighted by Gasteiger charge is -2.50. The number of fused-ring (bicyclic) bond motifs is 3. The van der Waals surface area contributed by atoms with Crippen LogP contribution in [0.4, 0.5) is 24.5 Å². The van der Waals surface area contributed by atoms with Gasteiger partial charge in [-0.15, -0.1) is 0 Å². The molecule has 19 heteroatoms. The summed E-state index contributed by atoms with van der Waals surface area (Å²) in [6, 6.07) is 8.28. The van der Waals surface area contributed by atoms with Crippen molar-refractivity contribution in [3.63, 3.8) is 0 Å². The average molecular weight is 839 g/mol. The Morgan fingerprint density at radius 2 is 1.74 bits per heavy atom. The Balaban J connectivity index is 0.810. The van der Waals surface area contributed by atoms with Gasteiger partial charge in [-0.1, -0.05) is 0 Å². The number of carbonyl (C=O) groups excluding carboxylic acids is 5. The summed E-state index contributed by atoms with van der Waals surface area (Å²) in [5, 5.41) is 15.1. The Morgan fingerprint density at radius 3 is 2.49 bits per heavy atom. The van der Waals surface area contributed by atoms with Crippen molar-refractivity contribution in [2.75, 3.05) is 36.5 Å². The van der Waals surface area contributed by atoms with Gasteiger partial charge in [0, 0.05) is 67.3 Å². The van der Waals surface area contributed by atoms with E-state index in [1.807, 2.05) is 27.9 Å². The quantitative estimate of drug-likeness (QED) is 0.176. The molecule has 2 aliphatic carbocycles. The maximum absolute atomic E-state index is 14.1. The van der Waals surface area contributed by atoms with E-state index in [-0.39, 0.29) is 48.0 Å². The Morgan fingerprint density at radius 1 is 0.951 bits per heavy atom. The maximum Gasteiger partial charge on any atom is 0.401 e. The molecule has 1 unspecified atom stereocenters. The van der Waals surface area contributed by atoms with Gasteiger partial charge >= 0.3 is 6.18 Å². The van der Waals surface area contributed by atoms with E-state index >= 15 is 0 Å². The number of nitrogens with one attached hydrogen (secondary N) is 2. The van der Waals surface area contributed by atoms with Gasteiger partial charge in [-0.25, -0.2) is 9.50 Å². The van der Waals surface area contributed by atoms with Crippen molar-refractivity contribution in [1.29, 1.82) is 0 Å². The van der Waals surface area contributed by atoms with Crippen LogP contribution >= 0.6 is 0 Å². The molecule has 3 aliphatic heterocycles. The van der Waals surface area contributed by atoms with Crippen LogP contribution in [-0.2, 0) is 9.59 Å². The van der Waals surface area contributed by atoms with Gasteiger partial charge in [0.15, 0.2) is 5.65 Å². The SMILES string of the molecule is O=C1CCC(N2C(=O)c3ccc(N4CC(N(CC(F)(F)F)C5CCC(n6cc7cc(NC(=O)c8cnn9cccnc89)c(OCC8CC8)cc7n6)CC5)C4)cc3C2=O)C(=O)N1. The molecule has 1 atom stereocenters. The Labute approximate surface area is 346 Å². The number of nitrogens with zero attached hydrogens (tertiary/aromatic N) is 8. The van der Waals surface area contributed by atoms with E-state index in [2.05, 4.69) is 20.7 Å². The zero-order chi connectivity index (χ0) is 42.2. The molecule has 61 heavy (non-hydrogen) atoms. The summed E-state index contributed by atoms with van der Waals surface area (Å²) in [4.78, 5) is 72.8. The monoisotopic (exact) mass is 838 g/mol. The highest BCUT2D eigenvalue weighted by Gasteiger charge is 2.46. The molecule has 5 aliphatic rings. The van der Waals surface area contributed by atoms with Crippen molar-refractivity contribution < 1.29 is 41.9 Å². The van der Waals surface area contributed by atoms with Gasteiger partial charge in [0.2, 0.25) is 11.8 Å². The van der Waals surface area contributed by atoms with E-state index in [4.69, 9.17) is 9.84 Å². The predicted octanol–water partition coefficient (Wildman–Crippen LogP) is 4.76. The van der Waals surface area contributed by atoms with Gasteiger partial charge in [-0.2, -0.15) is 23.4 Å². The van der Waals surface area contributed by atoms with E-state index in [0.29, 0.717) is 85.1 Å². The van der Waals surface area contributed by atoms with Crippen LogP contribution in [0.15, 0.2) is 61.2 Å². The third-order valence-electron chi connectivity index (χ3n) is 12.6. The molecule has 16 nitrogen and oxygen atoms in total. The van der Waals surface area contributed by atoms with Crippen molar-refractivity contribution in [2.45, 2.75) is 81.7 Å². The fourth-order valence-electron chi connectivity index (χ4n) is 9.09. The fraction of sp³-hybridized carbons (Fsp3) is 0.429. The van der Waals surface area contributed by atoms with Gasteiger partial charge < -0.3 is 15.0 Å². The summed E-state index contributed by atoms with van der Waals surface area (Å²) in [6.45, 7) is 0.0738. The minimum absolute atomic E-state index is 0.00557. The van der Waals surface area contributed by atoms with Crippen LogP contribution in [0.1, 0.15) is 88.5 Å². The van der Waals surface area contributed by atoms with Gasteiger partial charge in [-0.05, 0) is 81.2 Å². The summed E-state index contributed by atoms with van der Waals surface area (Å²) < 4.78 is 51.9. The Hall–Kier alpha value is -6.37. The average Bonchev–Trinajstić information content (AvgIpc) is 3.71. The number of rotatable bonds is 11. The molecule has 0 spiro atoms. The number of benzene rings is 2. The molecule has 4 fully saturated rings. The van der Waals surface area contributed by atoms with Crippen molar-refractivity contribution in [2.24, 2.45) is 5.92 Å². The molecule has 2 N–H and O–H groups in total. The molecule has 316 valence electrons. The second kappa shape index (κ2) is 15.0. The number of hydrogen-bond acceptors (Lipinski definition) is 11. The number of ether oxygens (including phenoxy) is 1. The number of aromatic nitrogens is 5. The molecule has 2 saturated carbocycles. The first-order valence-electron chi connectivity index (χ1n) is 20.6. The lowest BCUT2D eigenvalue weighted by molar-refractivity contribution is -0.160. The van der Waals surface area contributed by atoms with E-state index in [1.165, 1.54) is 16.8 Å². The highest BCUT2D eigenvalue weighted by molar-refractivity contribution is 6.23. The summed E-state index contributed by atoms with van der Waals surface area (Å²) >= 11 is 0. The lowest BCUT2D eigenvalue weighted by atomic mass is 9.88. The summed E-state index contributed by atoms with van der Waals surface area (Å²) in [5.74, 6) is -1.84. The molecule has 2 saturated heterocycles. The summed E-state index contributed by atoms with van der Waals surface area (Å²) in [5.41, 5.74) is 2.76. The van der Waals surface area contributed by atoms with Crippen LogP contribution in [0.2, 0.25) is 0 Å². The summed E-state index contributed by atoms with van der Waals surface area (Å²) in [7, 11) is 0. The van der Waals surface area contributed by atoms with Crippen molar-refractivity contribution in [1.82, 2.24) is 39.5 Å². The standard InChI is InChI=1S/C42H41F3N10O6/c43-42(44,45)22-52(28-19-51(20-28)27-8-9-29-30(15-27)41(60)55(40(29)59)34-10-11-36(56)49-39(34)58)25-4-6-26(7-5-25)54-18-24-14-33(35(16-32(24)50-54)61-21-23-2-3-23)48-38(57)31-17-47-53-13-1-12-46-37(31)53/h1,8-9,12-18,23,25-26,28,34H,2-7,10-11,19-22H2,(H,48,57)(H,49,56,58). The number of piperidine rings is 1. The largest absolute Gasteiger partial charge is 0.491 e. The molecule has 5 amide bonds. The molecular formula is C42H41F3N10O6. The number of carbonyl (C=O) groups is 5. The number of halogens is 3. The van der Waals surface area contributed by atoms with Gasteiger partial charge in [-0.3, -0.25) is 43.8 Å². The lowest BCUT2D eigenvalue weighted by Crippen LogP contribution is -2.63. The smallest absolute Gasteiger partial charge is 0.401 e. The summed E-state index contributed by atoms with van der Waals surface area (Å²) in [6.07, 6.45) is 6.78. The molecule has 0 bridgehead atoms. The Bertz CT molecular complexity index is 2610. The fourth-order valence-corrected chi connectivity index (χ4v) is 9.09. The topological polar surface area (TPSA) is 176 Å². The zero-order valence-corrected chi connectivity index (χ0v) is 32.8. The van der Waals surface area contributed by atoms with Crippen LogP contribution in [0.5, 0.6) is 5.75 Å². The highest BCUT2D eigenvalue weighted by Crippen LogP contribution is 2.39. The molecule has 0 radical (unpaired) electrons. The van der Waals surface area contributed by atoms with Crippen LogP contribution in [0.3, 0.4) is 0 Å². The second-order valence-corrected chi connectivity index (χ2v) is 16.7. The number of anilines is 2. The third-order valence-corrected chi connectivity index (χ3v) is 12.6. The van der Waals surface area contributed by atoms with Crippen molar-refractivity contribution >= 4 is 57.5 Å². The minimum atomic E-state index is -4.41. The Kier molecular flexibility index (Phi) is 9.52. The first-order valence-corrected chi connectivity index (χ1v) is 20.6. The first-order chi connectivity index (χ1) is 29.4. The highest BCUT2D eigenvalue weighted by atomic mass is 19.4. The van der Waals surface area contributed by atoms with E-state index in [1.54, 1.807) is 35.5 Å². The molecule has 10 rings (SSSR count). The van der Waals surface area contributed by atoms with Gasteiger partial charge in [0.1, 0.15) is 17.4 Å². The van der Waals surface area contributed by atoms with E-state index in [0.717, 1.165) is 23.1 Å². The maximum atomic E-state index is 14.1. The number of amides is 5. The van der Waals surface area contributed by atoms with E-state index in [9.17, 15) is 37.1 Å². The van der Waals surface area contributed by atoms with Crippen LogP contribution in [-0.4, -0.2) is 114 Å². The second-order valence-electron chi connectivity index (χ2n) is 16.7. The minimum Gasteiger partial charge on any atom is -0.491 e. The molecular weight excluding hydrogens is 798 g/mol. The van der Waals surface area contributed by atoms with Gasteiger partial charge in [0.25, 0.3) is 17.7 Å². The molecule has 6 heterocycles. The number of imide groups is 2. The third kappa shape index (κ3) is 7.44. The van der Waals surface area contributed by atoms with Crippen LogP contribution in [0, 0.1) is 5.92 Å². The number of hydrogen-bond donors (Lipinski definition) is 2. The first kappa shape index (κ1) is 38.8.